The summed E-state index contributed by atoms with van der Waals surface area (Å²) in [6.45, 7) is 19.4. The summed E-state index contributed by atoms with van der Waals surface area (Å²) in [6, 6.07) is 80.8. The highest BCUT2D eigenvalue weighted by Gasteiger charge is 2.47. The number of rotatable bonds is 8. The number of hydrogen-bond donors (Lipinski definition) is 0. The number of para-hydroxylation sites is 1. The minimum atomic E-state index is -0.556. The molecule has 0 aliphatic heterocycles. The Morgan fingerprint density at radius 1 is 0.292 bits per heavy atom. The van der Waals surface area contributed by atoms with Gasteiger partial charge in [0.2, 0.25) is 0 Å². The quantitative estimate of drug-likeness (QED) is 0.147. The number of anilines is 3. The molecule has 356 valence electrons. The lowest BCUT2D eigenvalue weighted by Gasteiger charge is -2.43. The molecule has 1 nitrogen and oxygen atoms in total. The highest BCUT2D eigenvalue weighted by molar-refractivity contribution is 5.97. The van der Waals surface area contributed by atoms with E-state index in [1.807, 2.05) is 0 Å². The molecule has 0 aromatic heterocycles. The maximum absolute atomic E-state index is 2.55. The zero-order valence-electron chi connectivity index (χ0n) is 43.5. The van der Waals surface area contributed by atoms with Gasteiger partial charge in [-0.05, 0) is 167 Å². The Morgan fingerprint density at radius 2 is 0.764 bits per heavy atom. The third kappa shape index (κ3) is 7.33. The van der Waals surface area contributed by atoms with Crippen LogP contribution in [0.1, 0.15) is 126 Å². The Bertz CT molecular complexity index is 3440. The van der Waals surface area contributed by atoms with Crippen LogP contribution < -0.4 is 4.90 Å². The number of benzene rings is 9. The molecule has 12 rings (SSSR count). The van der Waals surface area contributed by atoms with Gasteiger partial charge in [0.05, 0.1) is 11.1 Å². The van der Waals surface area contributed by atoms with E-state index in [4.69, 9.17) is 0 Å². The SMILES string of the molecule is CC1(C)CCC(C)(C)c2cc(-c3ccc(N(c4ccccc4)c4cc5c(cc4-c4ccc(-c6cccc7c6C(C)(C)CCC7(C)C)cc4)-c4ccccc4C5(c4ccccc4)c4ccccc4)cc3)ccc21. The largest absolute Gasteiger partial charge is 0.310 e. The van der Waals surface area contributed by atoms with Crippen molar-refractivity contribution in [2.75, 3.05) is 4.90 Å². The molecule has 0 radical (unpaired) electrons. The van der Waals surface area contributed by atoms with Gasteiger partial charge in [-0.1, -0.05) is 231 Å². The van der Waals surface area contributed by atoms with Gasteiger partial charge in [0.1, 0.15) is 0 Å². The molecule has 3 aliphatic carbocycles. The van der Waals surface area contributed by atoms with Crippen LogP contribution in [-0.2, 0) is 27.1 Å². The summed E-state index contributed by atoms with van der Waals surface area (Å²) in [4.78, 5) is 2.51. The van der Waals surface area contributed by atoms with Gasteiger partial charge in [-0.25, -0.2) is 0 Å². The zero-order chi connectivity index (χ0) is 49.6. The monoisotopic (exact) mass is 934 g/mol. The van der Waals surface area contributed by atoms with E-state index in [1.54, 1.807) is 0 Å². The van der Waals surface area contributed by atoms with Gasteiger partial charge >= 0.3 is 0 Å². The minimum absolute atomic E-state index is 0.0871. The Morgan fingerprint density at radius 3 is 1.40 bits per heavy atom. The van der Waals surface area contributed by atoms with E-state index in [0.717, 1.165) is 17.1 Å². The van der Waals surface area contributed by atoms with E-state index in [0.29, 0.717) is 0 Å². The average molecular weight is 934 g/mol. The summed E-state index contributed by atoms with van der Waals surface area (Å²) >= 11 is 0. The van der Waals surface area contributed by atoms with Crippen LogP contribution in [-0.4, -0.2) is 0 Å². The van der Waals surface area contributed by atoms with E-state index in [9.17, 15) is 0 Å². The second kappa shape index (κ2) is 17.0. The first-order chi connectivity index (χ1) is 34.7. The number of nitrogens with zero attached hydrogens (tertiary/aromatic N) is 1. The van der Waals surface area contributed by atoms with E-state index in [2.05, 4.69) is 273 Å². The molecule has 0 N–H and O–H groups in total. The fourth-order valence-electron chi connectivity index (χ4n) is 13.3. The first kappa shape index (κ1) is 45.9. The van der Waals surface area contributed by atoms with Crippen molar-refractivity contribution in [1.29, 1.82) is 0 Å². The molecule has 0 atom stereocenters. The second-order valence-corrected chi connectivity index (χ2v) is 23.8. The molecule has 0 saturated carbocycles. The Kier molecular flexibility index (Phi) is 10.8. The fourth-order valence-corrected chi connectivity index (χ4v) is 13.3. The van der Waals surface area contributed by atoms with Crippen LogP contribution in [0.5, 0.6) is 0 Å². The van der Waals surface area contributed by atoms with Crippen molar-refractivity contribution < 1.29 is 0 Å². The first-order valence-electron chi connectivity index (χ1n) is 26.4. The summed E-state index contributed by atoms with van der Waals surface area (Å²) < 4.78 is 0. The van der Waals surface area contributed by atoms with Crippen molar-refractivity contribution >= 4 is 17.1 Å². The van der Waals surface area contributed by atoms with Crippen LogP contribution >= 0.6 is 0 Å². The second-order valence-electron chi connectivity index (χ2n) is 23.8. The lowest BCUT2D eigenvalue weighted by Crippen LogP contribution is -2.34. The Balaban J connectivity index is 1.09. The van der Waals surface area contributed by atoms with Crippen LogP contribution in [0.25, 0.3) is 44.5 Å². The van der Waals surface area contributed by atoms with Gasteiger partial charge in [-0.15, -0.1) is 0 Å². The molecule has 0 amide bonds. The van der Waals surface area contributed by atoms with Crippen molar-refractivity contribution in [3.63, 3.8) is 0 Å². The topological polar surface area (TPSA) is 3.24 Å². The smallest absolute Gasteiger partial charge is 0.0714 e. The molecule has 9 aromatic carbocycles. The summed E-state index contributed by atoms with van der Waals surface area (Å²) in [5.41, 5.74) is 24.5. The molecule has 72 heavy (non-hydrogen) atoms. The van der Waals surface area contributed by atoms with E-state index >= 15 is 0 Å². The summed E-state index contributed by atoms with van der Waals surface area (Å²) in [5, 5.41) is 0. The van der Waals surface area contributed by atoms with E-state index in [-0.39, 0.29) is 21.7 Å². The van der Waals surface area contributed by atoms with Crippen LogP contribution in [0.2, 0.25) is 0 Å². The number of fused-ring (bicyclic) bond motifs is 5. The molecule has 3 aliphatic rings. The highest BCUT2D eigenvalue weighted by atomic mass is 15.1. The Labute approximate surface area is 429 Å². The number of hydrogen-bond acceptors (Lipinski definition) is 1. The summed E-state index contributed by atoms with van der Waals surface area (Å²) in [5.74, 6) is 0. The predicted octanol–water partition coefficient (Wildman–Crippen LogP) is 19.2. The van der Waals surface area contributed by atoms with E-state index in [1.165, 1.54) is 115 Å². The normalized spacial score (nSPS) is 17.2. The van der Waals surface area contributed by atoms with Gasteiger partial charge in [0.25, 0.3) is 0 Å². The van der Waals surface area contributed by atoms with E-state index < -0.39 is 5.41 Å². The predicted molar refractivity (Wildman–Crippen MR) is 305 cm³/mol. The highest BCUT2D eigenvalue weighted by Crippen LogP contribution is 2.59. The third-order valence-electron chi connectivity index (χ3n) is 17.5. The molecule has 0 spiro atoms. The molecule has 9 aromatic rings. The summed E-state index contributed by atoms with van der Waals surface area (Å²) in [7, 11) is 0. The van der Waals surface area contributed by atoms with Crippen molar-refractivity contribution in [1.82, 2.24) is 0 Å². The van der Waals surface area contributed by atoms with Crippen LogP contribution in [0.15, 0.2) is 212 Å². The molecular weight excluding hydrogens is 867 g/mol. The van der Waals surface area contributed by atoms with Crippen molar-refractivity contribution in [2.45, 2.75) is 108 Å². The molecule has 0 fully saturated rings. The van der Waals surface area contributed by atoms with Crippen molar-refractivity contribution in [2.24, 2.45) is 0 Å². The van der Waals surface area contributed by atoms with Crippen LogP contribution in [0.3, 0.4) is 0 Å². The lowest BCUT2D eigenvalue weighted by atomic mass is 9.61. The first-order valence-corrected chi connectivity index (χ1v) is 26.4. The van der Waals surface area contributed by atoms with Gasteiger partial charge in [0, 0.05) is 16.9 Å². The van der Waals surface area contributed by atoms with Crippen molar-refractivity contribution in [3.8, 4) is 44.5 Å². The summed E-state index contributed by atoms with van der Waals surface area (Å²) in [6.07, 6.45) is 4.77. The molecule has 0 saturated heterocycles. The standard InChI is InChI=1S/C71H67N/c1-67(2)41-42-69(5,6)64-45-51(37-40-61(64)67)48-35-38-55(39-36-48)72(54-25-16-11-17-26-54)65-47-63-59(57-27-18-19-29-60(57)71(63,52-21-12-9-13-22-52)53-23-14-10-15-24-53)46-58(65)50-33-31-49(32-34-50)56-28-20-30-62-66(56)70(7,8)44-43-68(62,3)4/h9-40,45-47H,41-44H2,1-8H3. The lowest BCUT2D eigenvalue weighted by molar-refractivity contribution is 0.332. The van der Waals surface area contributed by atoms with Crippen LogP contribution in [0, 0.1) is 0 Å². The average Bonchev–Trinajstić information content (AvgIpc) is 3.70. The van der Waals surface area contributed by atoms with Crippen LogP contribution in [0.4, 0.5) is 17.1 Å². The van der Waals surface area contributed by atoms with Gasteiger partial charge < -0.3 is 4.90 Å². The molecule has 1 heteroatoms. The maximum Gasteiger partial charge on any atom is 0.0714 e. The third-order valence-corrected chi connectivity index (χ3v) is 17.5. The molecule has 0 unspecified atom stereocenters. The molecule has 0 heterocycles. The zero-order valence-corrected chi connectivity index (χ0v) is 43.5. The maximum atomic E-state index is 2.55. The minimum Gasteiger partial charge on any atom is -0.310 e. The fraction of sp³-hybridized carbons (Fsp3) is 0.239. The Hall–Kier alpha value is -7.22. The van der Waals surface area contributed by atoms with Crippen molar-refractivity contribution in [3.05, 3.63) is 257 Å². The van der Waals surface area contributed by atoms with Gasteiger partial charge in [-0.3, -0.25) is 0 Å². The van der Waals surface area contributed by atoms with Gasteiger partial charge in [-0.2, -0.15) is 0 Å². The van der Waals surface area contributed by atoms with Gasteiger partial charge in [0.15, 0.2) is 0 Å². The molecule has 0 bridgehead atoms. The molecular formula is C71H67N.